The highest BCUT2D eigenvalue weighted by Crippen LogP contribution is 2.16. The van der Waals surface area contributed by atoms with Crippen molar-refractivity contribution in [1.29, 1.82) is 0 Å². The zero-order valence-corrected chi connectivity index (χ0v) is 55.2. The summed E-state index contributed by atoms with van der Waals surface area (Å²) in [6.07, 6.45) is 91.2. The summed E-state index contributed by atoms with van der Waals surface area (Å²) < 4.78 is 22.9. The van der Waals surface area contributed by atoms with E-state index in [4.69, 9.17) is 18.9 Å². The molecule has 0 aliphatic carbocycles. The lowest BCUT2D eigenvalue weighted by atomic mass is 10.0. The minimum absolute atomic E-state index is 0.182. The van der Waals surface area contributed by atoms with E-state index in [0.29, 0.717) is 23.9 Å². The first-order valence-corrected chi connectivity index (χ1v) is 34.3. The average molecular weight is 1180 g/mol. The number of carbonyl (C=O) groups excluding carboxylic acids is 2. The Morgan fingerprint density at radius 3 is 1.00 bits per heavy atom. The van der Waals surface area contributed by atoms with Crippen molar-refractivity contribution in [3.05, 3.63) is 134 Å². The molecule has 9 heteroatoms. The fraction of sp³-hybridized carbons (Fsp3) is 0.671. The third-order valence-electron chi connectivity index (χ3n) is 14.4. The Kier molecular flexibility index (Phi) is 61.9. The van der Waals surface area contributed by atoms with Crippen molar-refractivity contribution in [1.82, 2.24) is 0 Å². The van der Waals surface area contributed by atoms with Gasteiger partial charge in [0.1, 0.15) is 13.2 Å². The fourth-order valence-corrected chi connectivity index (χ4v) is 9.15. The number of aliphatic carboxylic acids is 1. The number of esters is 2. The van der Waals surface area contributed by atoms with Crippen molar-refractivity contribution in [2.45, 2.75) is 283 Å². The minimum atomic E-state index is -1.52. The van der Waals surface area contributed by atoms with E-state index in [2.05, 4.69) is 148 Å². The summed E-state index contributed by atoms with van der Waals surface area (Å²) in [4.78, 5) is 37.6. The molecule has 0 fully saturated rings. The molecule has 484 valence electrons. The molecule has 2 atom stereocenters. The van der Waals surface area contributed by atoms with Crippen LogP contribution in [0.3, 0.4) is 0 Å². The summed E-state index contributed by atoms with van der Waals surface area (Å²) in [7, 11) is 5.97. The maximum Gasteiger partial charge on any atom is 0.361 e. The summed E-state index contributed by atoms with van der Waals surface area (Å²) in [6, 6.07) is 0. The predicted molar refractivity (Wildman–Crippen MR) is 364 cm³/mol. The van der Waals surface area contributed by atoms with Gasteiger partial charge in [-0.3, -0.25) is 9.59 Å². The van der Waals surface area contributed by atoms with Crippen LogP contribution in [-0.4, -0.2) is 87.4 Å². The molecule has 0 bridgehead atoms. The van der Waals surface area contributed by atoms with Crippen LogP contribution < -0.4 is 0 Å². The van der Waals surface area contributed by atoms with Gasteiger partial charge in [-0.15, -0.1) is 0 Å². The van der Waals surface area contributed by atoms with Gasteiger partial charge in [0.05, 0.1) is 34.4 Å². The van der Waals surface area contributed by atoms with E-state index in [0.717, 1.165) is 103 Å². The van der Waals surface area contributed by atoms with Crippen molar-refractivity contribution >= 4 is 17.9 Å². The number of carboxylic acids is 1. The molecule has 0 amide bonds. The molecule has 0 rings (SSSR count). The quantitative estimate of drug-likeness (QED) is 0.0211. The minimum Gasteiger partial charge on any atom is -0.477 e. The average Bonchev–Trinajstić information content (AvgIpc) is 3.49. The van der Waals surface area contributed by atoms with Gasteiger partial charge in [0, 0.05) is 12.8 Å². The number of unbranched alkanes of at least 4 members (excludes halogenated alkanes) is 25. The molecule has 0 aliphatic rings. The highest BCUT2D eigenvalue weighted by molar-refractivity contribution is 5.71. The number of hydrogen-bond acceptors (Lipinski definition) is 7. The van der Waals surface area contributed by atoms with Crippen LogP contribution in [0.1, 0.15) is 271 Å². The van der Waals surface area contributed by atoms with Gasteiger partial charge in [0.15, 0.2) is 6.10 Å². The Hall–Kier alpha value is -4.57. The number of carboxylic acid groups (broad SMARTS) is 1. The molecular formula is C76H128NO8+. The van der Waals surface area contributed by atoms with Gasteiger partial charge in [0.25, 0.3) is 6.29 Å². The van der Waals surface area contributed by atoms with Gasteiger partial charge in [0.2, 0.25) is 0 Å². The maximum absolute atomic E-state index is 12.9. The van der Waals surface area contributed by atoms with E-state index < -0.39 is 24.3 Å². The van der Waals surface area contributed by atoms with Crippen molar-refractivity contribution < 1.29 is 42.9 Å². The van der Waals surface area contributed by atoms with Gasteiger partial charge in [-0.25, -0.2) is 4.79 Å². The third kappa shape index (κ3) is 66.8. The van der Waals surface area contributed by atoms with Crippen molar-refractivity contribution in [2.24, 2.45) is 0 Å². The molecule has 0 aromatic carbocycles. The summed E-state index contributed by atoms with van der Waals surface area (Å²) in [5.74, 6) is -2.01. The van der Waals surface area contributed by atoms with Crippen LogP contribution in [0, 0.1) is 0 Å². The molecular weight excluding hydrogens is 1050 g/mol. The number of likely N-dealkylation sites (N-methyl/N-ethyl adjacent to an activating group) is 1. The monoisotopic (exact) mass is 1180 g/mol. The van der Waals surface area contributed by atoms with Crippen molar-refractivity contribution in [3.63, 3.8) is 0 Å². The van der Waals surface area contributed by atoms with E-state index in [9.17, 15) is 19.5 Å². The topological polar surface area (TPSA) is 108 Å². The SMILES string of the molecule is CC/C=C\C/C=C\C/C=C\C/C=C\C/C=C\C/C=C\C/C=C\C/C=C\C/C=C\CCCCCCCCCCCCCCCC(=O)OC(COC(=O)CCCCCCCCCCC/C=C\C/C=C\CCCCC)COC(OCC[N+](C)(C)C)C(=O)O. The normalized spacial score (nSPS) is 13.6. The zero-order chi connectivity index (χ0) is 61.9. The van der Waals surface area contributed by atoms with Crippen LogP contribution >= 0.6 is 0 Å². The maximum atomic E-state index is 12.9. The number of carbonyl (C=O) groups is 3. The third-order valence-corrected chi connectivity index (χ3v) is 14.4. The number of hydrogen-bond donors (Lipinski definition) is 1. The van der Waals surface area contributed by atoms with Crippen LogP contribution in [0.15, 0.2) is 134 Å². The van der Waals surface area contributed by atoms with Gasteiger partial charge in [-0.05, 0) is 116 Å². The lowest BCUT2D eigenvalue weighted by Gasteiger charge is -2.25. The van der Waals surface area contributed by atoms with Gasteiger partial charge in [-0.1, -0.05) is 276 Å². The van der Waals surface area contributed by atoms with Crippen LogP contribution in [0.2, 0.25) is 0 Å². The largest absolute Gasteiger partial charge is 0.477 e. The second-order valence-electron chi connectivity index (χ2n) is 23.7. The summed E-state index contributed by atoms with van der Waals surface area (Å²) in [5.41, 5.74) is 0. The van der Waals surface area contributed by atoms with E-state index in [1.54, 1.807) is 0 Å². The molecule has 0 aromatic rings. The molecule has 0 spiro atoms. The molecule has 0 radical (unpaired) electrons. The summed E-state index contributed by atoms with van der Waals surface area (Å²) >= 11 is 0. The highest BCUT2D eigenvalue weighted by atomic mass is 16.7. The smallest absolute Gasteiger partial charge is 0.361 e. The Bertz CT molecular complexity index is 1860. The lowest BCUT2D eigenvalue weighted by Crippen LogP contribution is -2.40. The molecule has 1 N–H and O–H groups in total. The van der Waals surface area contributed by atoms with Gasteiger partial charge >= 0.3 is 17.9 Å². The molecule has 0 aliphatic heterocycles. The van der Waals surface area contributed by atoms with Gasteiger partial charge < -0.3 is 28.5 Å². The molecule has 0 saturated carbocycles. The number of quaternary nitrogens is 1. The Balaban J connectivity index is 4.11. The van der Waals surface area contributed by atoms with E-state index in [-0.39, 0.29) is 32.2 Å². The first kappa shape index (κ1) is 80.4. The van der Waals surface area contributed by atoms with Crippen LogP contribution in [0.25, 0.3) is 0 Å². The number of allylic oxidation sites excluding steroid dienone is 22. The van der Waals surface area contributed by atoms with Crippen LogP contribution in [0.4, 0.5) is 0 Å². The fourth-order valence-electron chi connectivity index (χ4n) is 9.15. The van der Waals surface area contributed by atoms with E-state index in [1.165, 1.54) is 135 Å². The molecule has 0 saturated heterocycles. The summed E-state index contributed by atoms with van der Waals surface area (Å²) in [5, 5.41) is 9.73. The molecule has 2 unspecified atom stereocenters. The Morgan fingerprint density at radius 2 is 0.671 bits per heavy atom. The molecule has 9 nitrogen and oxygen atoms in total. The lowest BCUT2D eigenvalue weighted by molar-refractivity contribution is -0.870. The van der Waals surface area contributed by atoms with Crippen molar-refractivity contribution in [3.8, 4) is 0 Å². The molecule has 0 aromatic heterocycles. The van der Waals surface area contributed by atoms with Crippen molar-refractivity contribution in [2.75, 3.05) is 47.5 Å². The molecule has 85 heavy (non-hydrogen) atoms. The first-order chi connectivity index (χ1) is 41.6. The standard InChI is InChI=1S/C76H127NO8/c1-6-8-10-12-14-16-18-20-22-24-26-27-28-29-30-31-32-33-34-35-36-37-38-39-40-41-42-43-44-45-46-47-49-51-53-55-57-59-61-63-65-67-74(79)85-72(71-84-76(75(80)81)82-69-68-77(3,4)5)70-83-73(78)66-64-62-60-58-56-54-52-50-48-25-23-21-19-17-15-13-11-9-7-2/h8,10,14-17,20-23,26-27,29-30,32-33,35-36,38-39,41-42,72,76H,6-7,9,11-13,18-19,24-25,28,31,34,37,40,43-71H2,1-5H3/p+1/b10-8-,16-14-,17-15-,22-20-,23-21-,27-26-,30-29-,33-32-,36-35-,39-38-,42-41-. The number of nitrogens with zero attached hydrogens (tertiary/aromatic N) is 1. The Morgan fingerprint density at radius 1 is 0.365 bits per heavy atom. The summed E-state index contributed by atoms with van der Waals surface area (Å²) in [6.45, 7) is 4.74. The molecule has 0 heterocycles. The van der Waals surface area contributed by atoms with Gasteiger partial charge in [-0.2, -0.15) is 0 Å². The van der Waals surface area contributed by atoms with E-state index >= 15 is 0 Å². The second-order valence-corrected chi connectivity index (χ2v) is 23.7. The van der Waals surface area contributed by atoms with Crippen LogP contribution in [0.5, 0.6) is 0 Å². The highest BCUT2D eigenvalue weighted by Gasteiger charge is 2.25. The second kappa shape index (κ2) is 65.4. The zero-order valence-electron chi connectivity index (χ0n) is 55.2. The predicted octanol–water partition coefficient (Wildman–Crippen LogP) is 21.4. The first-order valence-electron chi connectivity index (χ1n) is 34.3. The number of rotatable bonds is 62. The van der Waals surface area contributed by atoms with Crippen LogP contribution in [-0.2, 0) is 33.3 Å². The number of ether oxygens (including phenoxy) is 4. The van der Waals surface area contributed by atoms with E-state index in [1.807, 2.05) is 21.1 Å². The Labute approximate surface area is 522 Å².